The first-order valence-corrected chi connectivity index (χ1v) is 10.8. The molecule has 33 heavy (non-hydrogen) atoms. The number of imidazole rings is 1. The highest BCUT2D eigenvalue weighted by Gasteiger charge is 2.22. The number of anilines is 2. The summed E-state index contributed by atoms with van der Waals surface area (Å²) < 4.78 is 18.0. The average molecular weight is 452 g/mol. The molecule has 0 spiro atoms. The normalized spacial score (nSPS) is 14.1. The van der Waals surface area contributed by atoms with Gasteiger partial charge in [-0.25, -0.2) is 4.98 Å². The monoisotopic (exact) mass is 451 g/mol. The molecule has 1 fully saturated rings. The maximum absolute atomic E-state index is 12.6. The first-order valence-electron chi connectivity index (χ1n) is 10.8. The van der Waals surface area contributed by atoms with Gasteiger partial charge in [-0.2, -0.15) is 0 Å². The summed E-state index contributed by atoms with van der Waals surface area (Å²) in [6.45, 7) is 3.43. The Kier molecular flexibility index (Phi) is 6.99. The van der Waals surface area contributed by atoms with Crippen LogP contribution in [0.3, 0.4) is 0 Å². The summed E-state index contributed by atoms with van der Waals surface area (Å²) in [4.78, 5) is 21.5. The number of benzene rings is 2. The van der Waals surface area contributed by atoms with Crippen LogP contribution < -0.4 is 24.4 Å². The predicted octanol–water partition coefficient (Wildman–Crippen LogP) is 2.66. The minimum Gasteiger partial charge on any atom is -0.497 e. The fraction of sp³-hybridized carbons (Fsp3) is 0.333. The van der Waals surface area contributed by atoms with E-state index in [1.165, 1.54) is 0 Å². The van der Waals surface area contributed by atoms with Gasteiger partial charge in [-0.05, 0) is 24.3 Å². The number of nitrogens with zero attached hydrogens (tertiary/aromatic N) is 4. The molecule has 0 bridgehead atoms. The first kappa shape index (κ1) is 22.5. The van der Waals surface area contributed by atoms with Crippen LogP contribution in [0.5, 0.6) is 17.2 Å². The van der Waals surface area contributed by atoms with Crippen molar-refractivity contribution >= 4 is 17.5 Å². The van der Waals surface area contributed by atoms with Gasteiger partial charge in [0.15, 0.2) is 11.5 Å². The van der Waals surface area contributed by atoms with Crippen LogP contribution in [0, 0.1) is 0 Å². The number of aromatic nitrogens is 2. The van der Waals surface area contributed by atoms with Gasteiger partial charge in [0, 0.05) is 56.4 Å². The second-order valence-electron chi connectivity index (χ2n) is 7.68. The lowest BCUT2D eigenvalue weighted by Gasteiger charge is -2.35. The van der Waals surface area contributed by atoms with Crippen LogP contribution in [-0.4, -0.2) is 74.4 Å². The highest BCUT2D eigenvalue weighted by molar-refractivity contribution is 5.92. The fourth-order valence-electron chi connectivity index (χ4n) is 3.91. The molecule has 9 heteroatoms. The van der Waals surface area contributed by atoms with Gasteiger partial charge in [-0.15, -0.1) is 0 Å². The third-order valence-electron chi connectivity index (χ3n) is 5.64. The zero-order valence-corrected chi connectivity index (χ0v) is 19.2. The molecule has 0 unspecified atom stereocenters. The number of ether oxygens (including phenoxy) is 3. The lowest BCUT2D eigenvalue weighted by atomic mass is 10.2. The molecule has 1 saturated heterocycles. The smallest absolute Gasteiger partial charge is 0.238 e. The Labute approximate surface area is 193 Å². The van der Waals surface area contributed by atoms with Crippen molar-refractivity contribution in [1.82, 2.24) is 14.5 Å². The second-order valence-corrected chi connectivity index (χ2v) is 7.68. The van der Waals surface area contributed by atoms with Crippen LogP contribution in [0.25, 0.3) is 5.69 Å². The van der Waals surface area contributed by atoms with Crippen molar-refractivity contribution in [2.45, 2.75) is 0 Å². The molecular weight excluding hydrogens is 422 g/mol. The van der Waals surface area contributed by atoms with Crippen LogP contribution in [-0.2, 0) is 4.79 Å². The Morgan fingerprint density at radius 1 is 0.970 bits per heavy atom. The molecule has 1 aromatic heterocycles. The van der Waals surface area contributed by atoms with Gasteiger partial charge in [0.25, 0.3) is 0 Å². The summed E-state index contributed by atoms with van der Waals surface area (Å²) in [5, 5.41) is 2.94. The maximum Gasteiger partial charge on any atom is 0.238 e. The molecule has 3 aromatic rings. The molecular formula is C24H29N5O4. The summed E-state index contributed by atoms with van der Waals surface area (Å²) in [6.07, 6.45) is 3.75. The molecule has 0 radical (unpaired) electrons. The Hall–Kier alpha value is -3.72. The molecule has 1 amide bonds. The van der Waals surface area contributed by atoms with E-state index in [-0.39, 0.29) is 5.91 Å². The third-order valence-corrected chi connectivity index (χ3v) is 5.64. The molecule has 1 N–H and O–H groups in total. The summed E-state index contributed by atoms with van der Waals surface area (Å²) in [7, 11) is 4.82. The number of hydrogen-bond acceptors (Lipinski definition) is 7. The minimum atomic E-state index is -0.0615. The van der Waals surface area contributed by atoms with E-state index < -0.39 is 0 Å². The Morgan fingerprint density at radius 3 is 2.48 bits per heavy atom. The van der Waals surface area contributed by atoms with E-state index in [2.05, 4.69) is 24.7 Å². The standard InChI is InChI=1S/C24H29N5O4/c1-31-20-6-4-5-19(16-20)29-10-9-25-24(29)28-13-11-27(12-14-28)17-23(30)26-18-7-8-21(32-2)22(15-18)33-3/h4-10,15-16H,11-14,17H2,1-3H3,(H,26,30). The summed E-state index contributed by atoms with van der Waals surface area (Å²) in [6, 6.07) is 13.2. The summed E-state index contributed by atoms with van der Waals surface area (Å²) >= 11 is 0. The molecule has 4 rings (SSSR count). The number of methoxy groups -OCH3 is 3. The molecule has 0 saturated carbocycles. The fourth-order valence-corrected chi connectivity index (χ4v) is 3.91. The summed E-state index contributed by atoms with van der Waals surface area (Å²) in [5.74, 6) is 2.83. The van der Waals surface area contributed by atoms with Crippen LogP contribution in [0.4, 0.5) is 11.6 Å². The molecule has 1 aliphatic rings. The Bertz CT molecular complexity index is 1090. The van der Waals surface area contributed by atoms with Gasteiger partial charge >= 0.3 is 0 Å². The van der Waals surface area contributed by atoms with Crippen LogP contribution in [0.15, 0.2) is 54.9 Å². The van der Waals surface area contributed by atoms with E-state index in [4.69, 9.17) is 14.2 Å². The summed E-state index contributed by atoms with van der Waals surface area (Å²) in [5.41, 5.74) is 1.68. The van der Waals surface area contributed by atoms with Gasteiger partial charge in [-0.3, -0.25) is 14.3 Å². The van der Waals surface area contributed by atoms with Crippen LogP contribution in [0.1, 0.15) is 0 Å². The minimum absolute atomic E-state index is 0.0615. The lowest BCUT2D eigenvalue weighted by Crippen LogP contribution is -2.49. The molecule has 2 heterocycles. The molecule has 0 atom stereocenters. The van der Waals surface area contributed by atoms with E-state index in [0.717, 1.165) is 43.6 Å². The zero-order valence-electron chi connectivity index (χ0n) is 19.2. The van der Waals surface area contributed by atoms with Crippen molar-refractivity contribution in [1.29, 1.82) is 0 Å². The number of carbonyl (C=O) groups excluding carboxylic acids is 1. The lowest BCUT2D eigenvalue weighted by molar-refractivity contribution is -0.117. The van der Waals surface area contributed by atoms with E-state index >= 15 is 0 Å². The Balaban J connectivity index is 1.33. The van der Waals surface area contributed by atoms with Gasteiger partial charge in [0.05, 0.1) is 33.6 Å². The van der Waals surface area contributed by atoms with E-state index in [0.29, 0.717) is 23.7 Å². The van der Waals surface area contributed by atoms with Crippen molar-refractivity contribution in [3.63, 3.8) is 0 Å². The topological polar surface area (TPSA) is 81.1 Å². The van der Waals surface area contributed by atoms with Crippen LogP contribution in [0.2, 0.25) is 0 Å². The second kappa shape index (κ2) is 10.3. The first-order chi connectivity index (χ1) is 16.1. The van der Waals surface area contributed by atoms with Gasteiger partial charge in [0.2, 0.25) is 11.9 Å². The molecule has 0 aliphatic carbocycles. The van der Waals surface area contributed by atoms with Crippen molar-refractivity contribution in [3.05, 3.63) is 54.9 Å². The average Bonchev–Trinajstić information content (AvgIpc) is 3.34. The number of piperazine rings is 1. The van der Waals surface area contributed by atoms with Gasteiger partial charge in [0.1, 0.15) is 5.75 Å². The van der Waals surface area contributed by atoms with Gasteiger partial charge in [-0.1, -0.05) is 6.07 Å². The highest BCUT2D eigenvalue weighted by atomic mass is 16.5. The number of hydrogen-bond donors (Lipinski definition) is 1. The number of nitrogens with one attached hydrogen (secondary N) is 1. The molecule has 2 aromatic carbocycles. The molecule has 174 valence electrons. The Morgan fingerprint density at radius 2 is 1.76 bits per heavy atom. The quantitative estimate of drug-likeness (QED) is 0.564. The van der Waals surface area contributed by atoms with E-state index in [1.54, 1.807) is 45.7 Å². The maximum atomic E-state index is 12.6. The number of rotatable bonds is 8. The molecule has 1 aliphatic heterocycles. The highest BCUT2D eigenvalue weighted by Crippen LogP contribution is 2.29. The SMILES string of the molecule is COc1cccc(-n2ccnc2N2CCN(CC(=O)Nc3ccc(OC)c(OC)c3)CC2)c1. The van der Waals surface area contributed by atoms with E-state index in [9.17, 15) is 4.79 Å². The van der Waals surface area contributed by atoms with Crippen molar-refractivity contribution in [2.24, 2.45) is 0 Å². The zero-order chi connectivity index (χ0) is 23.2. The van der Waals surface area contributed by atoms with E-state index in [1.807, 2.05) is 30.5 Å². The predicted molar refractivity (Wildman–Crippen MR) is 127 cm³/mol. The third kappa shape index (κ3) is 5.20. The van der Waals surface area contributed by atoms with Crippen molar-refractivity contribution < 1.29 is 19.0 Å². The number of carbonyl (C=O) groups is 1. The number of amides is 1. The van der Waals surface area contributed by atoms with Crippen molar-refractivity contribution in [2.75, 3.05) is 64.3 Å². The molecule has 9 nitrogen and oxygen atoms in total. The van der Waals surface area contributed by atoms with Crippen LogP contribution >= 0.6 is 0 Å². The van der Waals surface area contributed by atoms with Gasteiger partial charge < -0.3 is 24.4 Å². The van der Waals surface area contributed by atoms with Crippen molar-refractivity contribution in [3.8, 4) is 22.9 Å². The largest absolute Gasteiger partial charge is 0.497 e.